The third kappa shape index (κ3) is 4.07. The maximum Gasteiger partial charge on any atom is 0.319 e. The molecule has 2 N–H and O–H groups in total. The number of rotatable bonds is 5. The topological polar surface area (TPSA) is 76.4 Å². The molecular formula is C22H23N3O3. The smallest absolute Gasteiger partial charge is 0.319 e. The van der Waals surface area contributed by atoms with Crippen LogP contribution in [0.3, 0.4) is 0 Å². The SMILES string of the molecule is Cc1c(NC(=O)NC[C@@H]2C[C@H](c3ccccc3)CO2)cccc1-c1ncco1. The van der Waals surface area contributed by atoms with Gasteiger partial charge in [-0.1, -0.05) is 36.4 Å². The fraction of sp³-hybridized carbons (Fsp3) is 0.273. The molecule has 4 rings (SSSR count). The van der Waals surface area contributed by atoms with Crippen LogP contribution in [-0.4, -0.2) is 30.3 Å². The number of aromatic nitrogens is 1. The van der Waals surface area contributed by atoms with Crippen LogP contribution >= 0.6 is 0 Å². The second-order valence-corrected chi connectivity index (χ2v) is 6.95. The largest absolute Gasteiger partial charge is 0.445 e. The third-order valence-electron chi connectivity index (χ3n) is 5.09. The zero-order valence-corrected chi connectivity index (χ0v) is 15.7. The van der Waals surface area contributed by atoms with Crippen molar-refractivity contribution in [3.8, 4) is 11.5 Å². The molecule has 28 heavy (non-hydrogen) atoms. The highest BCUT2D eigenvalue weighted by Gasteiger charge is 2.26. The van der Waals surface area contributed by atoms with Gasteiger partial charge in [0.15, 0.2) is 0 Å². The standard InChI is InChI=1S/C22H23N3O3/c1-15-19(21-23-10-11-27-21)8-5-9-20(15)25-22(26)24-13-18-12-17(14-28-18)16-6-3-2-4-7-16/h2-11,17-18H,12-14H2,1H3,(H2,24,25,26)/t17-,18-/m0/s1. The maximum atomic E-state index is 12.4. The summed E-state index contributed by atoms with van der Waals surface area (Å²) < 4.78 is 11.2. The third-order valence-corrected chi connectivity index (χ3v) is 5.09. The number of nitrogens with zero attached hydrogens (tertiary/aromatic N) is 1. The van der Waals surface area contributed by atoms with E-state index in [0.29, 0.717) is 25.0 Å². The Bertz CT molecular complexity index is 925. The van der Waals surface area contributed by atoms with Gasteiger partial charge in [-0.3, -0.25) is 0 Å². The van der Waals surface area contributed by atoms with E-state index in [-0.39, 0.29) is 12.1 Å². The summed E-state index contributed by atoms with van der Waals surface area (Å²) in [4.78, 5) is 16.5. The Balaban J connectivity index is 1.31. The van der Waals surface area contributed by atoms with Gasteiger partial charge >= 0.3 is 6.03 Å². The molecule has 2 aromatic carbocycles. The molecule has 2 heterocycles. The lowest BCUT2D eigenvalue weighted by atomic mass is 9.96. The predicted octanol–water partition coefficient (Wildman–Crippen LogP) is 4.34. The molecule has 1 saturated heterocycles. The summed E-state index contributed by atoms with van der Waals surface area (Å²) in [5.74, 6) is 0.920. The summed E-state index contributed by atoms with van der Waals surface area (Å²) >= 11 is 0. The van der Waals surface area contributed by atoms with Gasteiger partial charge in [0.2, 0.25) is 5.89 Å². The number of benzene rings is 2. The van der Waals surface area contributed by atoms with E-state index in [4.69, 9.17) is 9.15 Å². The molecule has 144 valence electrons. The van der Waals surface area contributed by atoms with Crippen molar-refractivity contribution in [3.05, 3.63) is 72.1 Å². The molecule has 6 heteroatoms. The van der Waals surface area contributed by atoms with Gasteiger partial charge in [-0.25, -0.2) is 9.78 Å². The number of hydrogen-bond acceptors (Lipinski definition) is 4. The molecule has 1 aliphatic rings. The Hall–Kier alpha value is -3.12. The van der Waals surface area contributed by atoms with Gasteiger partial charge in [0.1, 0.15) is 6.26 Å². The molecular weight excluding hydrogens is 354 g/mol. The van der Waals surface area contributed by atoms with Crippen molar-refractivity contribution in [3.63, 3.8) is 0 Å². The van der Waals surface area contributed by atoms with Crippen LogP contribution in [0.2, 0.25) is 0 Å². The molecule has 0 bridgehead atoms. The van der Waals surface area contributed by atoms with E-state index in [9.17, 15) is 4.79 Å². The van der Waals surface area contributed by atoms with Gasteiger partial charge in [0, 0.05) is 23.7 Å². The number of ether oxygens (including phenoxy) is 1. The summed E-state index contributed by atoms with van der Waals surface area (Å²) in [5, 5.41) is 5.82. The maximum absolute atomic E-state index is 12.4. The molecule has 2 atom stereocenters. The summed E-state index contributed by atoms with van der Waals surface area (Å²) in [7, 11) is 0. The summed E-state index contributed by atoms with van der Waals surface area (Å²) in [6, 6.07) is 15.7. The number of anilines is 1. The molecule has 0 saturated carbocycles. The van der Waals surface area contributed by atoms with Crippen molar-refractivity contribution in [1.29, 1.82) is 0 Å². The zero-order valence-electron chi connectivity index (χ0n) is 15.7. The van der Waals surface area contributed by atoms with Gasteiger partial charge in [0.25, 0.3) is 0 Å². The number of nitrogens with one attached hydrogen (secondary N) is 2. The second kappa shape index (κ2) is 8.27. The Labute approximate surface area is 163 Å². The highest BCUT2D eigenvalue weighted by Crippen LogP contribution is 2.29. The normalized spacial score (nSPS) is 18.8. The average Bonchev–Trinajstić information content (AvgIpc) is 3.41. The Morgan fingerprint density at radius 3 is 2.82 bits per heavy atom. The van der Waals surface area contributed by atoms with Crippen LogP contribution in [0.4, 0.5) is 10.5 Å². The van der Waals surface area contributed by atoms with Crippen LogP contribution in [-0.2, 0) is 4.74 Å². The van der Waals surface area contributed by atoms with Gasteiger partial charge in [-0.2, -0.15) is 0 Å². The van der Waals surface area contributed by atoms with Crippen LogP contribution in [0.25, 0.3) is 11.5 Å². The monoisotopic (exact) mass is 377 g/mol. The molecule has 6 nitrogen and oxygen atoms in total. The lowest BCUT2D eigenvalue weighted by Gasteiger charge is -2.14. The quantitative estimate of drug-likeness (QED) is 0.693. The van der Waals surface area contributed by atoms with Gasteiger partial charge in [-0.15, -0.1) is 0 Å². The van der Waals surface area contributed by atoms with Crippen LogP contribution in [0, 0.1) is 6.92 Å². The fourth-order valence-corrected chi connectivity index (χ4v) is 3.54. The van der Waals surface area contributed by atoms with E-state index >= 15 is 0 Å². The number of hydrogen-bond donors (Lipinski definition) is 2. The Morgan fingerprint density at radius 1 is 1.18 bits per heavy atom. The highest BCUT2D eigenvalue weighted by molar-refractivity contribution is 5.91. The molecule has 1 fully saturated rings. The Morgan fingerprint density at radius 2 is 2.04 bits per heavy atom. The average molecular weight is 377 g/mol. The number of urea groups is 1. The first-order valence-corrected chi connectivity index (χ1v) is 9.41. The molecule has 0 spiro atoms. The molecule has 0 unspecified atom stereocenters. The highest BCUT2D eigenvalue weighted by atomic mass is 16.5. The molecule has 1 aliphatic heterocycles. The first-order valence-electron chi connectivity index (χ1n) is 9.41. The molecule has 2 amide bonds. The van der Waals surface area contributed by atoms with Crippen molar-refractivity contribution in [2.75, 3.05) is 18.5 Å². The van der Waals surface area contributed by atoms with Crippen LogP contribution < -0.4 is 10.6 Å². The second-order valence-electron chi connectivity index (χ2n) is 6.95. The van der Waals surface area contributed by atoms with E-state index in [1.165, 1.54) is 11.8 Å². The van der Waals surface area contributed by atoms with Crippen molar-refractivity contribution in [1.82, 2.24) is 10.3 Å². The van der Waals surface area contributed by atoms with Crippen molar-refractivity contribution in [2.45, 2.75) is 25.4 Å². The predicted molar refractivity (Wildman–Crippen MR) is 107 cm³/mol. The minimum absolute atomic E-state index is 0.0238. The van der Waals surface area contributed by atoms with E-state index in [1.807, 2.05) is 43.3 Å². The molecule has 0 aliphatic carbocycles. The van der Waals surface area contributed by atoms with Gasteiger partial charge < -0.3 is 19.8 Å². The number of carbonyl (C=O) groups excluding carboxylic acids is 1. The van der Waals surface area contributed by atoms with Gasteiger partial charge in [-0.05, 0) is 36.6 Å². The first kappa shape index (κ1) is 18.3. The van der Waals surface area contributed by atoms with Crippen molar-refractivity contribution in [2.24, 2.45) is 0 Å². The summed E-state index contributed by atoms with van der Waals surface area (Å²) in [6.07, 6.45) is 4.07. The lowest BCUT2D eigenvalue weighted by molar-refractivity contribution is 0.110. The van der Waals surface area contributed by atoms with Gasteiger partial charge in [0.05, 0.1) is 18.9 Å². The van der Waals surface area contributed by atoms with Crippen molar-refractivity contribution < 1.29 is 13.9 Å². The van der Waals surface area contributed by atoms with Crippen LogP contribution in [0.15, 0.2) is 65.4 Å². The number of oxazole rings is 1. The molecule has 0 radical (unpaired) electrons. The van der Waals surface area contributed by atoms with E-state index in [0.717, 1.165) is 23.2 Å². The first-order chi connectivity index (χ1) is 13.7. The van der Waals surface area contributed by atoms with Crippen LogP contribution in [0.1, 0.15) is 23.5 Å². The summed E-state index contributed by atoms with van der Waals surface area (Å²) in [5.41, 5.74) is 3.77. The minimum atomic E-state index is -0.251. The Kier molecular flexibility index (Phi) is 5.39. The molecule has 1 aromatic heterocycles. The lowest BCUT2D eigenvalue weighted by Crippen LogP contribution is -2.35. The van der Waals surface area contributed by atoms with E-state index in [1.54, 1.807) is 6.20 Å². The number of carbonyl (C=O) groups is 1. The van der Waals surface area contributed by atoms with E-state index in [2.05, 4.69) is 27.8 Å². The fourth-order valence-electron chi connectivity index (χ4n) is 3.54. The van der Waals surface area contributed by atoms with Crippen LogP contribution in [0.5, 0.6) is 0 Å². The number of amides is 2. The van der Waals surface area contributed by atoms with E-state index < -0.39 is 0 Å². The molecule has 3 aromatic rings. The minimum Gasteiger partial charge on any atom is -0.445 e. The summed E-state index contributed by atoms with van der Waals surface area (Å²) in [6.45, 7) is 3.10. The zero-order chi connectivity index (χ0) is 19.3. The van der Waals surface area contributed by atoms with Crippen molar-refractivity contribution >= 4 is 11.7 Å².